The molecule has 6 nitrogen and oxygen atoms in total. The van der Waals surface area contributed by atoms with E-state index in [1.165, 1.54) is 11.3 Å². The van der Waals surface area contributed by atoms with Crippen molar-refractivity contribution in [2.75, 3.05) is 26.2 Å². The fourth-order valence-corrected chi connectivity index (χ4v) is 4.37. The molecule has 0 bridgehead atoms. The van der Waals surface area contributed by atoms with Gasteiger partial charge in [-0.15, -0.1) is 11.3 Å². The van der Waals surface area contributed by atoms with Gasteiger partial charge in [-0.2, -0.15) is 5.10 Å². The molecule has 0 atom stereocenters. The maximum atomic E-state index is 12.3. The maximum absolute atomic E-state index is 12.3. The number of nitrogens with zero attached hydrogens (tertiary/aromatic N) is 5. The standard InChI is InChI=1S/C14H19N5OS3/c1-10-8-22-12(15-10)7-13(20)18-5-3-17(4-6-18)9-19-14(21)23-11(2)16-19/h8H,3-7,9H2,1-2H3. The topological polar surface area (TPSA) is 54.3 Å². The zero-order valence-electron chi connectivity index (χ0n) is 13.2. The molecule has 2 aromatic heterocycles. The van der Waals surface area contributed by atoms with E-state index in [0.29, 0.717) is 13.1 Å². The van der Waals surface area contributed by atoms with E-state index in [1.54, 1.807) is 11.3 Å². The van der Waals surface area contributed by atoms with Gasteiger partial charge in [-0.3, -0.25) is 9.69 Å². The Balaban J connectivity index is 1.51. The summed E-state index contributed by atoms with van der Waals surface area (Å²) in [6, 6.07) is 0. The van der Waals surface area contributed by atoms with E-state index in [0.717, 1.165) is 45.8 Å². The number of thiazole rings is 1. The highest BCUT2D eigenvalue weighted by atomic mass is 32.1. The lowest BCUT2D eigenvalue weighted by Crippen LogP contribution is -2.49. The van der Waals surface area contributed by atoms with E-state index in [1.807, 2.05) is 28.8 Å². The fraction of sp³-hybridized carbons (Fsp3) is 0.571. The largest absolute Gasteiger partial charge is 0.340 e. The molecule has 0 aromatic carbocycles. The number of piperazine rings is 1. The molecule has 3 rings (SSSR count). The summed E-state index contributed by atoms with van der Waals surface area (Å²) in [6.07, 6.45) is 0.412. The van der Waals surface area contributed by atoms with Gasteiger partial charge in [0, 0.05) is 37.3 Å². The molecule has 0 saturated carbocycles. The van der Waals surface area contributed by atoms with E-state index in [2.05, 4.69) is 15.0 Å². The first-order chi connectivity index (χ1) is 11.0. The van der Waals surface area contributed by atoms with Gasteiger partial charge in [0.25, 0.3) is 0 Å². The Bertz CT molecular complexity index is 742. The van der Waals surface area contributed by atoms with Gasteiger partial charge in [0.15, 0.2) is 3.95 Å². The molecule has 0 aliphatic carbocycles. The normalized spacial score (nSPS) is 16.0. The summed E-state index contributed by atoms with van der Waals surface area (Å²) in [5.41, 5.74) is 0.984. The summed E-state index contributed by atoms with van der Waals surface area (Å²) in [5, 5.41) is 8.30. The van der Waals surface area contributed by atoms with Crippen LogP contribution in [0.1, 0.15) is 15.7 Å². The van der Waals surface area contributed by atoms with Crippen LogP contribution in [0.2, 0.25) is 0 Å². The van der Waals surface area contributed by atoms with Crippen LogP contribution < -0.4 is 0 Å². The number of carbonyl (C=O) groups excluding carboxylic acids is 1. The highest BCUT2D eigenvalue weighted by Crippen LogP contribution is 2.13. The highest BCUT2D eigenvalue weighted by Gasteiger charge is 2.22. The first-order valence-electron chi connectivity index (χ1n) is 7.47. The van der Waals surface area contributed by atoms with Crippen LogP contribution in [0, 0.1) is 17.8 Å². The molecular formula is C14H19N5OS3. The van der Waals surface area contributed by atoms with Gasteiger partial charge in [0.05, 0.1) is 13.1 Å². The van der Waals surface area contributed by atoms with Crippen LogP contribution in [0.4, 0.5) is 0 Å². The Labute approximate surface area is 148 Å². The Kier molecular flexibility index (Phi) is 5.20. The van der Waals surface area contributed by atoms with Crippen molar-refractivity contribution in [2.45, 2.75) is 26.9 Å². The Morgan fingerprint density at radius 3 is 2.61 bits per heavy atom. The third-order valence-corrected chi connectivity index (χ3v) is 5.93. The van der Waals surface area contributed by atoms with Crippen molar-refractivity contribution in [3.8, 4) is 0 Å². The van der Waals surface area contributed by atoms with Crippen molar-refractivity contribution in [2.24, 2.45) is 0 Å². The van der Waals surface area contributed by atoms with Crippen LogP contribution in [-0.2, 0) is 17.9 Å². The number of hydrogen-bond acceptors (Lipinski definition) is 7. The molecular weight excluding hydrogens is 350 g/mol. The van der Waals surface area contributed by atoms with Crippen molar-refractivity contribution in [1.82, 2.24) is 24.6 Å². The SMILES string of the molecule is Cc1csc(CC(=O)N2CCN(Cn3nc(C)sc3=S)CC2)n1. The predicted molar refractivity (Wildman–Crippen MR) is 94.4 cm³/mol. The number of aromatic nitrogens is 3. The minimum absolute atomic E-state index is 0.167. The molecule has 1 fully saturated rings. The third kappa shape index (κ3) is 4.23. The van der Waals surface area contributed by atoms with Crippen LogP contribution in [0.25, 0.3) is 0 Å². The van der Waals surface area contributed by atoms with Crippen LogP contribution in [0.15, 0.2) is 5.38 Å². The zero-order chi connectivity index (χ0) is 16.4. The number of rotatable bonds is 4. The quantitative estimate of drug-likeness (QED) is 0.773. The van der Waals surface area contributed by atoms with Crippen molar-refractivity contribution >= 4 is 40.8 Å². The first-order valence-corrected chi connectivity index (χ1v) is 9.57. The summed E-state index contributed by atoms with van der Waals surface area (Å²) in [4.78, 5) is 20.9. The molecule has 0 unspecified atom stereocenters. The van der Waals surface area contributed by atoms with Crippen molar-refractivity contribution in [3.63, 3.8) is 0 Å². The monoisotopic (exact) mass is 369 g/mol. The van der Waals surface area contributed by atoms with Crippen LogP contribution in [0.5, 0.6) is 0 Å². The number of carbonyl (C=O) groups is 1. The van der Waals surface area contributed by atoms with Gasteiger partial charge >= 0.3 is 0 Å². The predicted octanol–water partition coefficient (Wildman–Crippen LogP) is 2.09. The number of amides is 1. The minimum atomic E-state index is 0.167. The average Bonchev–Trinajstić information content (AvgIpc) is 3.05. The minimum Gasteiger partial charge on any atom is -0.340 e. The van der Waals surface area contributed by atoms with E-state index < -0.39 is 0 Å². The third-order valence-electron chi connectivity index (χ3n) is 3.74. The average molecular weight is 370 g/mol. The second-order valence-corrected chi connectivity index (χ2v) is 8.36. The smallest absolute Gasteiger partial charge is 0.229 e. The van der Waals surface area contributed by atoms with Gasteiger partial charge in [-0.05, 0) is 26.1 Å². The summed E-state index contributed by atoms with van der Waals surface area (Å²) >= 11 is 8.40. The van der Waals surface area contributed by atoms with E-state index in [4.69, 9.17) is 12.2 Å². The molecule has 23 heavy (non-hydrogen) atoms. The molecule has 0 radical (unpaired) electrons. The van der Waals surface area contributed by atoms with E-state index >= 15 is 0 Å². The molecule has 124 valence electrons. The van der Waals surface area contributed by atoms with Crippen molar-refractivity contribution in [3.05, 3.63) is 25.0 Å². The Morgan fingerprint density at radius 1 is 1.30 bits per heavy atom. The number of hydrogen-bond donors (Lipinski definition) is 0. The molecule has 1 amide bonds. The molecule has 1 saturated heterocycles. The van der Waals surface area contributed by atoms with Gasteiger partial charge in [-0.25, -0.2) is 9.67 Å². The summed E-state index contributed by atoms with van der Waals surface area (Å²) in [6.45, 7) is 7.82. The first kappa shape index (κ1) is 16.7. The molecule has 0 spiro atoms. The second kappa shape index (κ2) is 7.16. The molecule has 2 aromatic rings. The maximum Gasteiger partial charge on any atom is 0.229 e. The second-order valence-electron chi connectivity index (χ2n) is 5.59. The lowest BCUT2D eigenvalue weighted by Gasteiger charge is -2.34. The van der Waals surface area contributed by atoms with Crippen molar-refractivity contribution in [1.29, 1.82) is 0 Å². The van der Waals surface area contributed by atoms with Gasteiger partial charge in [0.2, 0.25) is 5.91 Å². The Hall–Kier alpha value is -1.16. The fourth-order valence-electron chi connectivity index (χ4n) is 2.55. The molecule has 9 heteroatoms. The number of aryl methyl sites for hydroxylation is 2. The molecule has 0 N–H and O–H groups in total. The molecule has 1 aliphatic rings. The van der Waals surface area contributed by atoms with Crippen LogP contribution in [0.3, 0.4) is 0 Å². The Morgan fingerprint density at radius 2 is 2.04 bits per heavy atom. The van der Waals surface area contributed by atoms with Crippen LogP contribution in [-0.4, -0.2) is 56.7 Å². The van der Waals surface area contributed by atoms with Gasteiger partial charge in [-0.1, -0.05) is 11.3 Å². The summed E-state index contributed by atoms with van der Waals surface area (Å²) in [7, 11) is 0. The summed E-state index contributed by atoms with van der Waals surface area (Å²) in [5.74, 6) is 0.167. The highest BCUT2D eigenvalue weighted by molar-refractivity contribution is 7.73. The lowest BCUT2D eigenvalue weighted by atomic mass is 10.3. The molecule has 1 aliphatic heterocycles. The molecule has 3 heterocycles. The van der Waals surface area contributed by atoms with Crippen LogP contribution >= 0.6 is 34.9 Å². The zero-order valence-corrected chi connectivity index (χ0v) is 15.6. The van der Waals surface area contributed by atoms with Gasteiger partial charge < -0.3 is 4.90 Å². The summed E-state index contributed by atoms with van der Waals surface area (Å²) < 4.78 is 2.67. The van der Waals surface area contributed by atoms with E-state index in [9.17, 15) is 4.79 Å². The van der Waals surface area contributed by atoms with Crippen molar-refractivity contribution < 1.29 is 4.79 Å². The van der Waals surface area contributed by atoms with Gasteiger partial charge in [0.1, 0.15) is 10.0 Å². The lowest BCUT2D eigenvalue weighted by molar-refractivity contribution is -0.132. The van der Waals surface area contributed by atoms with E-state index in [-0.39, 0.29) is 5.91 Å².